The molecule has 146 valence electrons. The van der Waals surface area contributed by atoms with Gasteiger partial charge >= 0.3 is 0 Å². The van der Waals surface area contributed by atoms with Gasteiger partial charge in [-0.25, -0.2) is 4.52 Å². The highest BCUT2D eigenvalue weighted by Crippen LogP contribution is 2.40. The first-order valence-electron chi connectivity index (χ1n) is 8.53. The summed E-state index contributed by atoms with van der Waals surface area (Å²) in [6.07, 6.45) is 0. The van der Waals surface area contributed by atoms with E-state index in [0.29, 0.717) is 50.8 Å². The zero-order chi connectivity index (χ0) is 20.0. The predicted octanol–water partition coefficient (Wildman–Crippen LogP) is 3.41. The number of rotatable bonds is 6. The first-order valence-corrected chi connectivity index (χ1v) is 10.1. The van der Waals surface area contributed by atoms with E-state index in [1.54, 1.807) is 11.6 Å². The molecular formula is C19H17Br2N3O4. The van der Waals surface area contributed by atoms with E-state index < -0.39 is 0 Å². The highest BCUT2D eigenvalue weighted by molar-refractivity contribution is 9.11. The van der Waals surface area contributed by atoms with Crippen molar-refractivity contribution in [3.8, 4) is 11.5 Å². The molecule has 4 rings (SSSR count). The number of ether oxygens (including phenoxy) is 2. The third-order valence-electron chi connectivity index (χ3n) is 4.70. The number of aromatic hydroxyl groups is 1. The Kier molecular flexibility index (Phi) is 5.17. The largest absolute Gasteiger partial charge is 0.506 e. The number of benzene rings is 2. The van der Waals surface area contributed by atoms with Crippen molar-refractivity contribution in [3.63, 3.8) is 0 Å². The zero-order valence-corrected chi connectivity index (χ0v) is 18.3. The SMILES string of the molecule is COCCNCc1nn2c3c(O)cc(Br)c(OC)c3c(=O)c3c(Br)ccc1c32. The lowest BCUT2D eigenvalue weighted by atomic mass is 10.1. The Hall–Kier alpha value is -1.94. The topological polar surface area (TPSA) is 85.1 Å². The molecule has 2 heterocycles. The van der Waals surface area contributed by atoms with Crippen LogP contribution in [0.5, 0.6) is 11.5 Å². The van der Waals surface area contributed by atoms with Gasteiger partial charge in [-0.2, -0.15) is 5.10 Å². The second kappa shape index (κ2) is 7.47. The van der Waals surface area contributed by atoms with Crippen LogP contribution in [-0.4, -0.2) is 42.1 Å². The van der Waals surface area contributed by atoms with Gasteiger partial charge in [0.1, 0.15) is 17.0 Å². The van der Waals surface area contributed by atoms with Gasteiger partial charge in [0.05, 0.1) is 40.2 Å². The predicted molar refractivity (Wildman–Crippen MR) is 115 cm³/mol. The zero-order valence-electron chi connectivity index (χ0n) is 15.2. The van der Waals surface area contributed by atoms with Crippen LogP contribution >= 0.6 is 31.9 Å². The summed E-state index contributed by atoms with van der Waals surface area (Å²) in [6.45, 7) is 1.77. The van der Waals surface area contributed by atoms with E-state index >= 15 is 0 Å². The molecule has 2 N–H and O–H groups in total. The highest BCUT2D eigenvalue weighted by Gasteiger charge is 2.24. The molecule has 0 fully saturated rings. The van der Waals surface area contributed by atoms with E-state index in [1.807, 2.05) is 12.1 Å². The highest BCUT2D eigenvalue weighted by atomic mass is 79.9. The first-order chi connectivity index (χ1) is 13.5. The van der Waals surface area contributed by atoms with Gasteiger partial charge in [-0.15, -0.1) is 0 Å². The molecule has 2 aromatic heterocycles. The number of nitrogens with zero attached hydrogens (tertiary/aromatic N) is 2. The molecule has 0 bridgehead atoms. The molecule has 2 aromatic carbocycles. The maximum atomic E-state index is 13.4. The summed E-state index contributed by atoms with van der Waals surface area (Å²) < 4.78 is 13.3. The minimum Gasteiger partial charge on any atom is -0.506 e. The molecule has 4 aromatic rings. The molecule has 0 atom stereocenters. The number of hydrogen-bond donors (Lipinski definition) is 2. The van der Waals surface area contributed by atoms with E-state index in [9.17, 15) is 9.90 Å². The first kappa shape index (κ1) is 19.4. The minimum atomic E-state index is -0.229. The van der Waals surface area contributed by atoms with E-state index in [0.717, 1.165) is 11.1 Å². The molecule has 7 nitrogen and oxygen atoms in total. The van der Waals surface area contributed by atoms with Crippen LogP contribution in [0, 0.1) is 0 Å². The molecule has 0 radical (unpaired) electrons. The molecule has 0 saturated heterocycles. The van der Waals surface area contributed by atoms with E-state index in [2.05, 4.69) is 37.2 Å². The van der Waals surface area contributed by atoms with Gasteiger partial charge in [-0.1, -0.05) is 0 Å². The Morgan fingerprint density at radius 2 is 1.96 bits per heavy atom. The molecule has 28 heavy (non-hydrogen) atoms. The van der Waals surface area contributed by atoms with Gasteiger partial charge in [-0.3, -0.25) is 4.79 Å². The van der Waals surface area contributed by atoms with Gasteiger partial charge < -0.3 is 19.9 Å². The van der Waals surface area contributed by atoms with Crippen molar-refractivity contribution in [3.05, 3.63) is 43.1 Å². The lowest BCUT2D eigenvalue weighted by molar-refractivity contribution is 0.199. The molecule has 0 spiro atoms. The number of methoxy groups -OCH3 is 2. The minimum absolute atomic E-state index is 0.0510. The molecule has 0 aliphatic carbocycles. The fraction of sp³-hybridized carbons (Fsp3) is 0.263. The van der Waals surface area contributed by atoms with Crippen LogP contribution in [0.15, 0.2) is 31.9 Å². The monoisotopic (exact) mass is 509 g/mol. The summed E-state index contributed by atoms with van der Waals surface area (Å²) in [5.41, 5.74) is 1.54. The second-order valence-corrected chi connectivity index (χ2v) is 8.02. The van der Waals surface area contributed by atoms with E-state index in [1.165, 1.54) is 13.2 Å². The lowest BCUT2D eigenvalue weighted by Gasteiger charge is -2.12. The second-order valence-electron chi connectivity index (χ2n) is 6.31. The maximum absolute atomic E-state index is 13.4. The van der Waals surface area contributed by atoms with E-state index in [-0.39, 0.29) is 16.6 Å². The van der Waals surface area contributed by atoms with Crippen molar-refractivity contribution in [2.45, 2.75) is 6.54 Å². The van der Waals surface area contributed by atoms with Gasteiger partial charge in [0.2, 0.25) is 5.43 Å². The average molecular weight is 511 g/mol. The average Bonchev–Trinajstić information content (AvgIpc) is 3.02. The number of nitrogens with one attached hydrogen (secondary N) is 1. The summed E-state index contributed by atoms with van der Waals surface area (Å²) in [7, 11) is 3.14. The smallest absolute Gasteiger partial charge is 0.202 e. The Morgan fingerprint density at radius 3 is 2.68 bits per heavy atom. The number of hydrogen-bond acceptors (Lipinski definition) is 6. The third-order valence-corrected chi connectivity index (χ3v) is 5.95. The Balaban J connectivity index is 2.11. The summed E-state index contributed by atoms with van der Waals surface area (Å²) in [5.74, 6) is 0.313. The fourth-order valence-electron chi connectivity index (χ4n) is 3.49. The molecule has 0 aliphatic rings. The molecular weight excluding hydrogens is 494 g/mol. The van der Waals surface area contributed by atoms with Gasteiger partial charge in [0.25, 0.3) is 0 Å². The molecule has 0 saturated carbocycles. The number of phenolic OH excluding ortho intramolecular Hbond substituents is 1. The molecule has 9 heteroatoms. The third kappa shape index (κ3) is 2.85. The van der Waals surface area contributed by atoms with Crippen LogP contribution in [0.2, 0.25) is 0 Å². The Morgan fingerprint density at radius 1 is 1.18 bits per heavy atom. The van der Waals surface area contributed by atoms with Crippen molar-refractivity contribution >= 4 is 59.1 Å². The number of halogens is 2. The van der Waals surface area contributed by atoms with Crippen LogP contribution in [0.4, 0.5) is 0 Å². The van der Waals surface area contributed by atoms with Crippen LogP contribution in [-0.2, 0) is 11.3 Å². The summed E-state index contributed by atoms with van der Waals surface area (Å²) in [4.78, 5) is 13.4. The number of aromatic nitrogens is 2. The maximum Gasteiger partial charge on any atom is 0.202 e. The van der Waals surface area contributed by atoms with Crippen molar-refractivity contribution in [2.75, 3.05) is 27.4 Å². The van der Waals surface area contributed by atoms with Crippen molar-refractivity contribution < 1.29 is 14.6 Å². The van der Waals surface area contributed by atoms with Crippen molar-refractivity contribution in [1.82, 2.24) is 14.9 Å². The number of fused-ring (bicyclic) bond motifs is 2. The number of pyridine rings is 1. The lowest BCUT2D eigenvalue weighted by Crippen LogP contribution is -2.18. The molecule has 0 amide bonds. The van der Waals surface area contributed by atoms with Crippen LogP contribution in [0.25, 0.3) is 27.2 Å². The van der Waals surface area contributed by atoms with Gasteiger partial charge in [-0.05, 0) is 44.0 Å². The molecule has 0 aliphatic heterocycles. The van der Waals surface area contributed by atoms with Gasteiger partial charge in [0.15, 0.2) is 0 Å². The Bertz CT molecular complexity index is 1260. The van der Waals surface area contributed by atoms with E-state index in [4.69, 9.17) is 14.6 Å². The molecule has 0 unspecified atom stereocenters. The summed E-state index contributed by atoms with van der Waals surface area (Å²) in [6, 6.07) is 5.28. The van der Waals surface area contributed by atoms with Gasteiger partial charge in [0, 0.05) is 36.1 Å². The van der Waals surface area contributed by atoms with Crippen LogP contribution < -0.4 is 15.5 Å². The van der Waals surface area contributed by atoms with Crippen molar-refractivity contribution in [2.24, 2.45) is 0 Å². The van der Waals surface area contributed by atoms with Crippen LogP contribution in [0.3, 0.4) is 0 Å². The normalized spacial score (nSPS) is 11.9. The Labute approximate surface area is 176 Å². The summed E-state index contributed by atoms with van der Waals surface area (Å²) in [5, 5.41) is 20.2. The number of phenols is 1. The fourth-order valence-corrected chi connectivity index (χ4v) is 4.57. The van der Waals surface area contributed by atoms with Crippen molar-refractivity contribution in [1.29, 1.82) is 0 Å². The van der Waals surface area contributed by atoms with Crippen LogP contribution in [0.1, 0.15) is 5.69 Å². The standard InChI is InChI=1S/C19H17Br2N3O4/c1-27-6-5-22-8-12-9-3-4-10(20)14-16(9)24(23-12)17-13(25)7-11(21)19(28-2)15(17)18(14)26/h3-4,7,22,25H,5-6,8H2,1-2H3. The quantitative estimate of drug-likeness (QED) is 0.305. The summed E-state index contributed by atoms with van der Waals surface area (Å²) >= 11 is 6.86.